The molecule has 0 aromatic heterocycles. The van der Waals surface area contributed by atoms with Crippen molar-refractivity contribution in [3.8, 4) is 0 Å². The molecule has 530 valence electrons. The van der Waals surface area contributed by atoms with E-state index in [9.17, 15) is 61.0 Å². The molecule has 0 spiro atoms. The minimum atomic E-state index is -1.98. The van der Waals surface area contributed by atoms with Crippen LogP contribution in [-0.4, -0.2) is 193 Å². The molecule has 3 heterocycles. The van der Waals surface area contributed by atoms with Gasteiger partial charge in [-0.1, -0.05) is 263 Å². The highest BCUT2D eigenvalue weighted by atomic mass is 16.8. The SMILES string of the molecule is CCCCCCCC/C=C/C(O)C(COC1OC(CO)C(OC2OC(CO)C(OC3OC(CO)C(O)C(O)C3O)C(O)C2O)C(O)C1O)NC(=O)CCCCCCCCCCCCCCCCCCCCCCCCCCC/C=C\CCCCCCCCCC. The van der Waals surface area contributed by atoms with Crippen molar-refractivity contribution >= 4 is 5.91 Å². The summed E-state index contributed by atoms with van der Waals surface area (Å²) in [6.07, 6.45) is 35.3. The second-order valence-electron chi connectivity index (χ2n) is 26.4. The molecule has 3 aliphatic rings. The third-order valence-corrected chi connectivity index (χ3v) is 18.5. The number of aliphatic hydroxyl groups excluding tert-OH is 11. The summed E-state index contributed by atoms with van der Waals surface area (Å²) in [4.78, 5) is 13.3. The molecule has 17 atom stereocenters. The molecule has 0 saturated carbocycles. The van der Waals surface area contributed by atoms with Crippen molar-refractivity contribution in [2.75, 3.05) is 26.4 Å². The molecule has 0 aromatic carbocycles. The smallest absolute Gasteiger partial charge is 0.220 e. The van der Waals surface area contributed by atoms with Crippen LogP contribution in [0.3, 0.4) is 0 Å². The number of unbranched alkanes of at least 4 members (excludes halogenated alkanes) is 39. The number of hydrogen-bond acceptors (Lipinski definition) is 18. The van der Waals surface area contributed by atoms with E-state index in [4.69, 9.17) is 28.4 Å². The summed E-state index contributed by atoms with van der Waals surface area (Å²) < 4.78 is 34.2. The summed E-state index contributed by atoms with van der Waals surface area (Å²) in [6, 6.07) is -0.967. The Kier molecular flexibility index (Phi) is 49.0. The average molecular weight is 1290 g/mol. The molecule has 19 heteroatoms. The monoisotopic (exact) mass is 1290 g/mol. The van der Waals surface area contributed by atoms with Crippen molar-refractivity contribution in [1.29, 1.82) is 0 Å². The maximum Gasteiger partial charge on any atom is 0.220 e. The van der Waals surface area contributed by atoms with Gasteiger partial charge in [0.2, 0.25) is 5.91 Å². The van der Waals surface area contributed by atoms with E-state index in [2.05, 4.69) is 31.3 Å². The minimum absolute atomic E-state index is 0.248. The van der Waals surface area contributed by atoms with Crippen molar-refractivity contribution in [1.82, 2.24) is 5.32 Å². The Bertz CT molecular complexity index is 1730. The van der Waals surface area contributed by atoms with E-state index in [1.165, 1.54) is 212 Å². The van der Waals surface area contributed by atoms with E-state index >= 15 is 0 Å². The van der Waals surface area contributed by atoms with Crippen LogP contribution in [-0.2, 0) is 33.2 Å². The van der Waals surface area contributed by atoms with Crippen molar-refractivity contribution in [3.05, 3.63) is 24.3 Å². The number of allylic oxidation sites excluding steroid dienone is 3. The van der Waals surface area contributed by atoms with Gasteiger partial charge in [-0.05, 0) is 44.9 Å². The minimum Gasteiger partial charge on any atom is -0.394 e. The fourth-order valence-corrected chi connectivity index (χ4v) is 12.5. The topological polar surface area (TPSA) is 307 Å². The number of amides is 1. The Labute approximate surface area is 543 Å². The first-order chi connectivity index (χ1) is 43.8. The predicted octanol–water partition coefficient (Wildman–Crippen LogP) is 10.2. The lowest BCUT2D eigenvalue weighted by Crippen LogP contribution is -2.66. The summed E-state index contributed by atoms with van der Waals surface area (Å²) in [7, 11) is 0. The number of aliphatic hydroxyl groups is 11. The Balaban J connectivity index is 1.26. The van der Waals surface area contributed by atoms with Crippen molar-refractivity contribution in [2.45, 2.75) is 394 Å². The Morgan fingerprint density at radius 3 is 1.08 bits per heavy atom. The molecule has 3 rings (SSSR count). The lowest BCUT2D eigenvalue weighted by molar-refractivity contribution is -0.379. The van der Waals surface area contributed by atoms with Crippen molar-refractivity contribution < 1.29 is 89.4 Å². The molecular weight excluding hydrogens is 1150 g/mol. The standard InChI is InChI=1S/C71H133NO18/c1-3-5-7-9-11-13-14-15-16-17-18-19-20-21-22-23-24-25-26-27-28-29-30-31-32-33-34-35-36-37-38-39-40-41-43-45-47-49-59(77)72-54(55(76)48-46-44-42-12-10-8-6-4-2)53-85-69-65(83)62(80)67(57(51-74)87-69)90-71-66(84)63(81)68(58(52-75)88-71)89-70-64(82)61(79)60(78)56(50-73)86-70/h17-18,46,48,54-58,60-71,73-76,78-84H,3-16,19-45,47,49-53H2,1-2H3,(H,72,77)/b18-17-,48-46+. The zero-order chi connectivity index (χ0) is 65.4. The first-order valence-corrected chi connectivity index (χ1v) is 36.6. The fraction of sp³-hybridized carbons (Fsp3) is 0.930. The third kappa shape index (κ3) is 34.8. The summed E-state index contributed by atoms with van der Waals surface area (Å²) in [6.45, 7) is 1.69. The fourth-order valence-electron chi connectivity index (χ4n) is 12.5. The van der Waals surface area contributed by atoms with Crippen LogP contribution >= 0.6 is 0 Å². The van der Waals surface area contributed by atoms with Gasteiger partial charge in [-0.15, -0.1) is 0 Å². The molecule has 0 bridgehead atoms. The molecule has 3 fully saturated rings. The van der Waals surface area contributed by atoms with Crippen LogP contribution < -0.4 is 5.32 Å². The zero-order valence-electron chi connectivity index (χ0n) is 56.1. The highest BCUT2D eigenvalue weighted by Gasteiger charge is 2.53. The first kappa shape index (κ1) is 82.5. The van der Waals surface area contributed by atoms with Gasteiger partial charge in [0.15, 0.2) is 18.9 Å². The van der Waals surface area contributed by atoms with Gasteiger partial charge in [0.25, 0.3) is 0 Å². The highest BCUT2D eigenvalue weighted by molar-refractivity contribution is 5.76. The van der Waals surface area contributed by atoms with Gasteiger partial charge in [0, 0.05) is 6.42 Å². The van der Waals surface area contributed by atoms with E-state index in [1.807, 2.05) is 6.08 Å². The van der Waals surface area contributed by atoms with Crippen LogP contribution in [0.15, 0.2) is 24.3 Å². The van der Waals surface area contributed by atoms with Crippen LogP contribution in [0.5, 0.6) is 0 Å². The maximum atomic E-state index is 13.3. The molecule has 17 unspecified atom stereocenters. The Hall–Kier alpha value is -1.73. The van der Waals surface area contributed by atoms with Crippen molar-refractivity contribution in [2.24, 2.45) is 0 Å². The molecule has 3 aliphatic heterocycles. The second kappa shape index (κ2) is 53.4. The van der Waals surface area contributed by atoms with Gasteiger partial charge in [0.05, 0.1) is 38.6 Å². The lowest BCUT2D eigenvalue weighted by Gasteiger charge is -2.48. The van der Waals surface area contributed by atoms with Crippen LogP contribution in [0, 0.1) is 0 Å². The molecule has 0 radical (unpaired) electrons. The molecule has 0 aliphatic carbocycles. The average Bonchev–Trinajstić information content (AvgIpc) is 0.873. The normalized spacial score (nSPS) is 28.1. The number of carbonyl (C=O) groups is 1. The molecule has 3 saturated heterocycles. The summed E-state index contributed by atoms with van der Waals surface area (Å²) in [5.41, 5.74) is 0. The predicted molar refractivity (Wildman–Crippen MR) is 351 cm³/mol. The summed E-state index contributed by atoms with van der Waals surface area (Å²) in [5.74, 6) is -0.274. The number of nitrogens with one attached hydrogen (secondary N) is 1. The third-order valence-electron chi connectivity index (χ3n) is 18.5. The van der Waals surface area contributed by atoms with Crippen LogP contribution in [0.1, 0.15) is 290 Å². The van der Waals surface area contributed by atoms with E-state index in [-0.39, 0.29) is 18.9 Å². The van der Waals surface area contributed by atoms with E-state index in [0.717, 1.165) is 51.4 Å². The molecule has 19 nitrogen and oxygen atoms in total. The number of hydrogen-bond donors (Lipinski definition) is 12. The first-order valence-electron chi connectivity index (χ1n) is 36.6. The Morgan fingerprint density at radius 1 is 0.389 bits per heavy atom. The van der Waals surface area contributed by atoms with Crippen LogP contribution in [0.2, 0.25) is 0 Å². The van der Waals surface area contributed by atoms with Gasteiger partial charge in [-0.25, -0.2) is 0 Å². The number of rotatable bonds is 57. The lowest BCUT2D eigenvalue weighted by atomic mass is 9.96. The van der Waals surface area contributed by atoms with E-state index < -0.39 is 124 Å². The highest BCUT2D eigenvalue weighted by Crippen LogP contribution is 2.33. The molecule has 0 aromatic rings. The summed E-state index contributed by atoms with van der Waals surface area (Å²) in [5, 5.41) is 120. The van der Waals surface area contributed by atoms with Gasteiger partial charge in [-0.3, -0.25) is 4.79 Å². The van der Waals surface area contributed by atoms with E-state index in [1.54, 1.807) is 6.08 Å². The second-order valence-corrected chi connectivity index (χ2v) is 26.4. The van der Waals surface area contributed by atoms with Crippen molar-refractivity contribution in [3.63, 3.8) is 0 Å². The molecular formula is C71H133NO18. The Morgan fingerprint density at radius 2 is 0.700 bits per heavy atom. The maximum absolute atomic E-state index is 13.3. The quantitative estimate of drug-likeness (QED) is 0.0199. The van der Waals surface area contributed by atoms with Gasteiger partial charge in [-0.2, -0.15) is 0 Å². The number of carbonyl (C=O) groups excluding carboxylic acids is 1. The zero-order valence-corrected chi connectivity index (χ0v) is 56.1. The summed E-state index contributed by atoms with van der Waals surface area (Å²) >= 11 is 0. The molecule has 1 amide bonds. The number of ether oxygens (including phenoxy) is 6. The van der Waals surface area contributed by atoms with Gasteiger partial charge >= 0.3 is 0 Å². The van der Waals surface area contributed by atoms with Crippen LogP contribution in [0.4, 0.5) is 0 Å². The van der Waals surface area contributed by atoms with Crippen LogP contribution in [0.25, 0.3) is 0 Å². The largest absolute Gasteiger partial charge is 0.394 e. The molecule has 90 heavy (non-hydrogen) atoms. The van der Waals surface area contributed by atoms with E-state index in [0.29, 0.717) is 6.42 Å². The van der Waals surface area contributed by atoms with Gasteiger partial charge < -0.3 is 89.9 Å². The van der Waals surface area contributed by atoms with Gasteiger partial charge in [0.1, 0.15) is 73.2 Å². The molecule has 12 N–H and O–H groups in total.